The van der Waals surface area contributed by atoms with Crippen LogP contribution in [0.15, 0.2) is 0 Å². The summed E-state index contributed by atoms with van der Waals surface area (Å²) in [4.78, 5) is 41.0. The molecule has 3 saturated carbocycles. The molecular formula is C57H108N3O3S3Sb. The van der Waals surface area contributed by atoms with Gasteiger partial charge in [-0.25, -0.2) is 0 Å². The zero-order valence-corrected chi connectivity index (χ0v) is 49.4. The fraction of sp³-hybridized carbons (Fsp3) is 0.947. The third-order valence-electron chi connectivity index (χ3n) is 15.0. The van der Waals surface area contributed by atoms with E-state index >= 15 is 0 Å². The summed E-state index contributed by atoms with van der Waals surface area (Å²) in [5.41, 5.74) is 0. The third-order valence-corrected chi connectivity index (χ3v) is 15.7. The topological polar surface area (TPSA) is 60.9 Å². The molecule has 3 rings (SSSR count). The van der Waals surface area contributed by atoms with E-state index < -0.39 is 0 Å². The number of nitrogens with zero attached hydrogens (tertiary/aromatic N) is 3. The summed E-state index contributed by atoms with van der Waals surface area (Å²) in [6.07, 6.45) is 58.8. The van der Waals surface area contributed by atoms with E-state index in [1.165, 1.54) is 270 Å². The molecule has 0 N–H and O–H groups in total. The average Bonchev–Trinajstić information content (AvgIpc) is 3.32. The normalized spacial score (nSPS) is 15.6. The van der Waals surface area contributed by atoms with Gasteiger partial charge in [-0.1, -0.05) is 252 Å². The van der Waals surface area contributed by atoms with Crippen molar-refractivity contribution >= 4 is 78.0 Å². The monoisotopic (exact) mass is 1100 g/mol. The van der Waals surface area contributed by atoms with Gasteiger partial charge in [0.05, 0.1) is 0 Å². The zero-order valence-electron chi connectivity index (χ0n) is 44.4. The van der Waals surface area contributed by atoms with Gasteiger partial charge in [0, 0.05) is 37.8 Å². The van der Waals surface area contributed by atoms with Gasteiger partial charge in [-0.05, 0) is 57.8 Å². The number of amides is 3. The molecular weight excluding hydrogens is 993 g/mol. The van der Waals surface area contributed by atoms with E-state index in [0.29, 0.717) is 18.1 Å². The zero-order chi connectivity index (χ0) is 48.1. The molecule has 0 bridgehead atoms. The van der Waals surface area contributed by atoms with Crippen LogP contribution in [0.2, 0.25) is 0 Å². The fourth-order valence-corrected chi connectivity index (χ4v) is 11.5. The van der Waals surface area contributed by atoms with Crippen molar-refractivity contribution in [2.45, 2.75) is 328 Å². The smallest absolute Gasteiger partial charge is 0.719 e. The molecule has 392 valence electrons. The average molecular weight is 1100 g/mol. The molecule has 0 saturated heterocycles. The number of rotatable bonds is 36. The number of hydrogen-bond acceptors (Lipinski definition) is 6. The number of carbonyl (C=O) groups excluding carboxylic acids is 3. The second kappa shape index (κ2) is 49.5. The van der Waals surface area contributed by atoms with Gasteiger partial charge in [0.1, 0.15) is 15.7 Å². The van der Waals surface area contributed by atoms with Crippen molar-refractivity contribution in [2.24, 2.45) is 0 Å². The van der Waals surface area contributed by atoms with E-state index in [9.17, 15) is 14.4 Å². The fourth-order valence-electron chi connectivity index (χ4n) is 10.8. The third kappa shape index (κ3) is 38.2. The Kier molecular flexibility index (Phi) is 49.4. The van der Waals surface area contributed by atoms with Gasteiger partial charge >= 0.3 is 24.4 Å². The second-order valence-electron chi connectivity index (χ2n) is 20.8. The first-order chi connectivity index (χ1) is 32.3. The van der Waals surface area contributed by atoms with Crippen molar-refractivity contribution < 1.29 is 14.4 Å². The minimum absolute atomic E-state index is 0. The SMILES string of the molecule is CCCCCCCCCCCCN(C(=O)[S-])C1CCCCC1.CCCCCCCCCCCCN(C(=O)[S-])C1CCCCC1.CCCCCCCCCCCCN(C(=O)[S-])C1CCCCC1.[Sb+3]. The second-order valence-corrected chi connectivity index (χ2v) is 21.8. The van der Waals surface area contributed by atoms with Gasteiger partial charge in [-0.15, -0.1) is 0 Å². The summed E-state index contributed by atoms with van der Waals surface area (Å²) in [6.45, 7) is 9.48. The minimum Gasteiger partial charge on any atom is -0.719 e. The first kappa shape index (κ1) is 66.9. The van der Waals surface area contributed by atoms with Crippen molar-refractivity contribution in [2.75, 3.05) is 19.6 Å². The molecule has 0 heterocycles. The van der Waals surface area contributed by atoms with Gasteiger partial charge in [0.15, 0.2) is 0 Å². The molecule has 0 aromatic carbocycles. The molecule has 2 radical (unpaired) electrons. The summed E-state index contributed by atoms with van der Waals surface area (Å²) in [7, 11) is 0. The summed E-state index contributed by atoms with van der Waals surface area (Å²) < 4.78 is 0. The summed E-state index contributed by atoms with van der Waals surface area (Å²) in [5.74, 6) is 0. The molecule has 0 aromatic heterocycles. The largest absolute Gasteiger partial charge is 3.00 e. The molecule has 3 aliphatic carbocycles. The molecule has 3 amide bonds. The van der Waals surface area contributed by atoms with Crippen LogP contribution in [0.1, 0.15) is 310 Å². The van der Waals surface area contributed by atoms with Crippen LogP contribution in [0.3, 0.4) is 0 Å². The van der Waals surface area contributed by atoms with Crippen molar-refractivity contribution in [3.05, 3.63) is 0 Å². The molecule has 67 heavy (non-hydrogen) atoms. The van der Waals surface area contributed by atoms with Crippen LogP contribution in [0, 0.1) is 0 Å². The molecule has 3 aliphatic rings. The molecule has 0 unspecified atom stereocenters. The van der Waals surface area contributed by atoms with Crippen LogP contribution in [0.5, 0.6) is 0 Å². The molecule has 10 heteroatoms. The van der Waals surface area contributed by atoms with E-state index in [1.807, 2.05) is 14.7 Å². The first-order valence-corrected chi connectivity index (χ1v) is 30.4. The number of unbranched alkanes of at least 4 members (excludes halogenated alkanes) is 27. The maximum absolute atomic E-state index is 11.7. The molecule has 0 spiro atoms. The van der Waals surface area contributed by atoms with Gasteiger partial charge < -0.3 is 67.0 Å². The summed E-state index contributed by atoms with van der Waals surface area (Å²) in [5, 5.41) is -0.367. The van der Waals surface area contributed by atoms with Gasteiger partial charge in [0.2, 0.25) is 0 Å². The van der Waals surface area contributed by atoms with Crippen molar-refractivity contribution in [1.29, 1.82) is 0 Å². The minimum atomic E-state index is -0.122. The standard InChI is InChI=1S/3C19H37NOS.Sb/c3*1-2-3-4-5-6-7-8-9-10-14-17-20(19(21)22)18-15-12-11-13-16-18;/h3*18H,2-17H2,1H3,(H,21,22);/q;;;+3/p-3. The first-order valence-electron chi connectivity index (χ1n) is 29.2. The van der Waals surface area contributed by atoms with E-state index in [-0.39, 0.29) is 40.1 Å². The molecule has 0 aromatic rings. The van der Waals surface area contributed by atoms with E-state index in [1.54, 1.807) is 0 Å². The summed E-state index contributed by atoms with van der Waals surface area (Å²) >= 11 is 14.8. The van der Waals surface area contributed by atoms with Crippen molar-refractivity contribution in [3.8, 4) is 0 Å². The van der Waals surface area contributed by atoms with Crippen LogP contribution < -0.4 is 0 Å². The van der Waals surface area contributed by atoms with E-state index in [4.69, 9.17) is 37.9 Å². The number of carbonyl (C=O) groups is 3. The Morgan fingerprint density at radius 2 is 0.463 bits per heavy atom. The molecule has 6 nitrogen and oxygen atoms in total. The Morgan fingerprint density at radius 1 is 0.299 bits per heavy atom. The van der Waals surface area contributed by atoms with Crippen LogP contribution in [0.4, 0.5) is 14.4 Å². The Balaban J connectivity index is 0.000000968. The van der Waals surface area contributed by atoms with Gasteiger partial charge in [0.25, 0.3) is 0 Å². The van der Waals surface area contributed by atoms with Crippen molar-refractivity contribution in [3.63, 3.8) is 0 Å². The van der Waals surface area contributed by atoms with Crippen LogP contribution in [-0.4, -0.2) is 92.6 Å². The van der Waals surface area contributed by atoms with Crippen molar-refractivity contribution in [1.82, 2.24) is 14.7 Å². The molecule has 3 fully saturated rings. The van der Waals surface area contributed by atoms with Crippen LogP contribution in [-0.2, 0) is 37.9 Å². The molecule has 0 aliphatic heterocycles. The predicted octanol–water partition coefficient (Wildman–Crippen LogP) is 18.2. The van der Waals surface area contributed by atoms with Crippen LogP contribution >= 0.6 is 0 Å². The Labute approximate surface area is 451 Å². The number of hydrogen-bond donors (Lipinski definition) is 0. The predicted molar refractivity (Wildman–Crippen MR) is 300 cm³/mol. The Hall–Kier alpha value is -0.112. The molecule has 0 atom stereocenters. The van der Waals surface area contributed by atoms with Gasteiger partial charge in [-0.3, -0.25) is 0 Å². The maximum atomic E-state index is 11.7. The Morgan fingerprint density at radius 3 is 0.627 bits per heavy atom. The maximum Gasteiger partial charge on any atom is 3.00 e. The van der Waals surface area contributed by atoms with E-state index in [0.717, 1.165) is 38.9 Å². The summed E-state index contributed by atoms with van der Waals surface area (Å²) in [6, 6.07) is 1.33. The van der Waals surface area contributed by atoms with E-state index in [2.05, 4.69) is 20.8 Å². The Bertz CT molecular complexity index is 970. The van der Waals surface area contributed by atoms with Gasteiger partial charge in [-0.2, -0.15) is 0 Å². The quantitative estimate of drug-likeness (QED) is 0.0354. The van der Waals surface area contributed by atoms with Crippen LogP contribution in [0.25, 0.3) is 0 Å².